The van der Waals surface area contributed by atoms with E-state index in [4.69, 9.17) is 10.5 Å². The van der Waals surface area contributed by atoms with E-state index in [-0.39, 0.29) is 18.4 Å². The third kappa shape index (κ3) is 3.21. The van der Waals surface area contributed by atoms with Gasteiger partial charge in [0.1, 0.15) is 17.9 Å². The summed E-state index contributed by atoms with van der Waals surface area (Å²) in [5.74, 6) is 1.24. The van der Waals surface area contributed by atoms with Gasteiger partial charge in [-0.1, -0.05) is 19.9 Å². The first-order valence-corrected chi connectivity index (χ1v) is 7.63. The second kappa shape index (κ2) is 6.06. The first-order valence-electron chi connectivity index (χ1n) is 7.63. The number of nitrogens with two attached hydrogens (primary N) is 1. The van der Waals surface area contributed by atoms with Gasteiger partial charge in [-0.05, 0) is 61.9 Å². The van der Waals surface area contributed by atoms with Crippen molar-refractivity contribution in [1.29, 1.82) is 0 Å². The van der Waals surface area contributed by atoms with Gasteiger partial charge in [0.25, 0.3) is 0 Å². The lowest BCUT2D eigenvalue weighted by molar-refractivity contribution is -0.126. The van der Waals surface area contributed by atoms with Gasteiger partial charge >= 0.3 is 0 Å². The van der Waals surface area contributed by atoms with Crippen molar-refractivity contribution in [3.05, 3.63) is 29.3 Å². The number of amides is 1. The molecule has 4 nitrogen and oxygen atoms in total. The van der Waals surface area contributed by atoms with Crippen LogP contribution in [0, 0.1) is 12.8 Å². The van der Waals surface area contributed by atoms with Crippen LogP contribution in [0.3, 0.4) is 0 Å². The van der Waals surface area contributed by atoms with Crippen LogP contribution < -0.4 is 15.8 Å². The molecule has 2 rings (SSSR count). The van der Waals surface area contributed by atoms with Gasteiger partial charge in [0.2, 0.25) is 5.91 Å². The van der Waals surface area contributed by atoms with Crippen molar-refractivity contribution >= 4 is 5.91 Å². The zero-order chi connectivity index (χ0) is 15.6. The van der Waals surface area contributed by atoms with Gasteiger partial charge in [-0.15, -0.1) is 0 Å². The number of likely N-dealkylation sites (N-methyl/N-ethyl adjacent to an activating group) is 1. The lowest BCUT2D eigenvalue weighted by Gasteiger charge is -2.30. The van der Waals surface area contributed by atoms with Crippen LogP contribution in [0.5, 0.6) is 5.75 Å². The Morgan fingerprint density at radius 3 is 2.57 bits per heavy atom. The van der Waals surface area contributed by atoms with Crippen molar-refractivity contribution in [2.24, 2.45) is 11.7 Å². The molecular formula is C17H26N2O2. The molecule has 1 aliphatic carbocycles. The Balaban J connectivity index is 2.11. The second-order valence-corrected chi connectivity index (χ2v) is 6.32. The molecule has 0 heterocycles. The fourth-order valence-electron chi connectivity index (χ4n) is 2.95. The summed E-state index contributed by atoms with van der Waals surface area (Å²) in [6, 6.07) is 6.10. The zero-order valence-electron chi connectivity index (χ0n) is 13.4. The maximum absolute atomic E-state index is 11.8. The number of primary amides is 1. The highest BCUT2D eigenvalue weighted by Gasteiger charge is 2.49. The summed E-state index contributed by atoms with van der Waals surface area (Å²) >= 11 is 0. The number of rotatable bonds is 7. The third-order valence-electron chi connectivity index (χ3n) is 4.49. The van der Waals surface area contributed by atoms with Crippen molar-refractivity contribution in [2.75, 3.05) is 13.7 Å². The SMILES string of the molecule is CNC(COc1ccc(C(C)C)c(C)c1)(C(N)=O)C1CC1. The maximum atomic E-state index is 11.8. The largest absolute Gasteiger partial charge is 0.491 e. The minimum atomic E-state index is -0.745. The average molecular weight is 290 g/mol. The molecule has 116 valence electrons. The minimum absolute atomic E-state index is 0.282. The van der Waals surface area contributed by atoms with Crippen LogP contribution in [0.25, 0.3) is 0 Å². The van der Waals surface area contributed by atoms with E-state index >= 15 is 0 Å². The van der Waals surface area contributed by atoms with Gasteiger partial charge < -0.3 is 15.8 Å². The van der Waals surface area contributed by atoms with Crippen LogP contribution in [-0.2, 0) is 4.79 Å². The molecule has 1 atom stereocenters. The lowest BCUT2D eigenvalue weighted by atomic mass is 9.93. The summed E-state index contributed by atoms with van der Waals surface area (Å²) < 4.78 is 5.88. The van der Waals surface area contributed by atoms with Crippen molar-refractivity contribution in [2.45, 2.75) is 45.1 Å². The van der Waals surface area contributed by atoms with Crippen molar-refractivity contribution in [3.63, 3.8) is 0 Å². The Morgan fingerprint density at radius 2 is 2.14 bits per heavy atom. The van der Waals surface area contributed by atoms with Crippen LogP contribution in [-0.4, -0.2) is 25.1 Å². The molecule has 0 aliphatic heterocycles. The molecule has 4 heteroatoms. The topological polar surface area (TPSA) is 64.3 Å². The van der Waals surface area contributed by atoms with E-state index in [1.807, 2.05) is 12.1 Å². The highest BCUT2D eigenvalue weighted by molar-refractivity contribution is 5.85. The fourth-order valence-corrected chi connectivity index (χ4v) is 2.95. The summed E-state index contributed by atoms with van der Waals surface area (Å²) in [5, 5.41) is 3.09. The third-order valence-corrected chi connectivity index (χ3v) is 4.49. The molecule has 1 amide bonds. The molecule has 1 aromatic carbocycles. The van der Waals surface area contributed by atoms with E-state index in [0.717, 1.165) is 18.6 Å². The summed E-state index contributed by atoms with van der Waals surface area (Å²) in [4.78, 5) is 11.8. The summed E-state index contributed by atoms with van der Waals surface area (Å²) in [6.45, 7) is 6.72. The molecule has 1 aromatic rings. The Morgan fingerprint density at radius 1 is 1.48 bits per heavy atom. The molecule has 1 fully saturated rings. The van der Waals surface area contributed by atoms with Crippen molar-refractivity contribution in [3.8, 4) is 5.75 Å². The Hall–Kier alpha value is -1.55. The van der Waals surface area contributed by atoms with Gasteiger partial charge in [-0.25, -0.2) is 0 Å². The van der Waals surface area contributed by atoms with Crippen molar-refractivity contribution < 1.29 is 9.53 Å². The quantitative estimate of drug-likeness (QED) is 0.810. The van der Waals surface area contributed by atoms with Crippen LogP contribution in [0.4, 0.5) is 0 Å². The fraction of sp³-hybridized carbons (Fsp3) is 0.588. The normalized spacial score (nSPS) is 17.6. The van der Waals surface area contributed by atoms with Crippen molar-refractivity contribution in [1.82, 2.24) is 5.32 Å². The predicted octanol–water partition coefficient (Wildman–Crippen LogP) is 2.35. The summed E-state index contributed by atoms with van der Waals surface area (Å²) in [7, 11) is 1.78. The molecule has 1 aliphatic rings. The van der Waals surface area contributed by atoms with Gasteiger partial charge in [-0.3, -0.25) is 4.79 Å². The van der Waals surface area contributed by atoms with Gasteiger partial charge in [0.15, 0.2) is 0 Å². The van der Waals surface area contributed by atoms with E-state index in [1.165, 1.54) is 11.1 Å². The van der Waals surface area contributed by atoms with Gasteiger partial charge in [0.05, 0.1) is 0 Å². The summed E-state index contributed by atoms with van der Waals surface area (Å²) in [6.07, 6.45) is 2.05. The minimum Gasteiger partial charge on any atom is -0.491 e. The monoisotopic (exact) mass is 290 g/mol. The van der Waals surface area contributed by atoms with E-state index in [2.05, 4.69) is 32.2 Å². The number of carbonyl (C=O) groups is 1. The number of carbonyl (C=O) groups excluding carboxylic acids is 1. The maximum Gasteiger partial charge on any atom is 0.241 e. The number of benzene rings is 1. The molecular weight excluding hydrogens is 264 g/mol. The standard InChI is InChI=1S/C17H26N2O2/c1-11(2)15-8-7-14(9-12(15)3)21-10-17(19-4,16(18)20)13-5-6-13/h7-9,11,13,19H,5-6,10H2,1-4H3,(H2,18,20). The Kier molecular flexibility index (Phi) is 4.57. The van der Waals surface area contributed by atoms with Crippen LogP contribution in [0.1, 0.15) is 43.7 Å². The number of aryl methyl sites for hydroxylation is 1. The Bertz CT molecular complexity index is 524. The van der Waals surface area contributed by atoms with Gasteiger partial charge in [0, 0.05) is 0 Å². The van der Waals surface area contributed by atoms with Crippen LogP contribution >= 0.6 is 0 Å². The van der Waals surface area contributed by atoms with E-state index in [0.29, 0.717) is 5.92 Å². The van der Waals surface area contributed by atoms with E-state index in [9.17, 15) is 4.79 Å². The molecule has 0 bridgehead atoms. The number of hydrogen-bond donors (Lipinski definition) is 2. The molecule has 21 heavy (non-hydrogen) atoms. The molecule has 0 radical (unpaired) electrons. The average Bonchev–Trinajstić information content (AvgIpc) is 3.24. The van der Waals surface area contributed by atoms with Gasteiger partial charge in [-0.2, -0.15) is 0 Å². The summed E-state index contributed by atoms with van der Waals surface area (Å²) in [5.41, 5.74) is 7.38. The van der Waals surface area contributed by atoms with E-state index < -0.39 is 5.54 Å². The highest BCUT2D eigenvalue weighted by atomic mass is 16.5. The number of ether oxygens (including phenoxy) is 1. The van der Waals surface area contributed by atoms with Crippen LogP contribution in [0.2, 0.25) is 0 Å². The molecule has 0 spiro atoms. The predicted molar refractivity (Wildman–Crippen MR) is 84.5 cm³/mol. The zero-order valence-corrected chi connectivity index (χ0v) is 13.4. The Labute approximate surface area is 127 Å². The van der Waals surface area contributed by atoms with Crippen LogP contribution in [0.15, 0.2) is 18.2 Å². The van der Waals surface area contributed by atoms with E-state index in [1.54, 1.807) is 7.05 Å². The molecule has 3 N–H and O–H groups in total. The first kappa shape index (κ1) is 15.8. The molecule has 1 saturated carbocycles. The molecule has 0 saturated heterocycles. The molecule has 1 unspecified atom stereocenters. The molecule has 0 aromatic heterocycles. The lowest BCUT2D eigenvalue weighted by Crippen LogP contribution is -2.59. The number of hydrogen-bond acceptors (Lipinski definition) is 3. The second-order valence-electron chi connectivity index (χ2n) is 6.32. The first-order chi connectivity index (χ1) is 9.90. The highest BCUT2D eigenvalue weighted by Crippen LogP contribution is 2.40. The smallest absolute Gasteiger partial charge is 0.241 e. The number of nitrogens with one attached hydrogen (secondary N) is 1.